The maximum atomic E-state index is 13.1. The van der Waals surface area contributed by atoms with Crippen molar-refractivity contribution in [3.63, 3.8) is 0 Å². The Morgan fingerprint density at radius 2 is 1.00 bits per heavy atom. The lowest BCUT2D eigenvalue weighted by Crippen LogP contribution is -2.46. The average molecular weight is 832 g/mol. The summed E-state index contributed by atoms with van der Waals surface area (Å²) in [6.07, 6.45) is 63.1. The summed E-state index contributed by atoms with van der Waals surface area (Å²) in [6.45, 7) is 6.16. The molecule has 0 aromatic heterocycles. The second-order valence-corrected chi connectivity index (χ2v) is 15.9. The van der Waals surface area contributed by atoms with Gasteiger partial charge >= 0.3 is 5.97 Å². The topological polar surface area (TPSA) is 95.9 Å². The molecule has 1 amide bonds. The highest BCUT2D eigenvalue weighted by molar-refractivity contribution is 5.77. The number of hydrogen-bond donors (Lipinski definition) is 3. The highest BCUT2D eigenvalue weighted by Crippen LogP contribution is 2.16. The van der Waals surface area contributed by atoms with Crippen molar-refractivity contribution in [1.82, 2.24) is 5.32 Å². The van der Waals surface area contributed by atoms with Gasteiger partial charge in [-0.3, -0.25) is 9.59 Å². The summed E-state index contributed by atoms with van der Waals surface area (Å²) in [4.78, 5) is 26.0. The van der Waals surface area contributed by atoms with Crippen LogP contribution in [0.1, 0.15) is 194 Å². The van der Waals surface area contributed by atoms with Crippen molar-refractivity contribution in [2.24, 2.45) is 0 Å². The Bertz CT molecular complexity index is 1250. The normalized spacial score (nSPS) is 14.3. The van der Waals surface area contributed by atoms with Crippen LogP contribution < -0.4 is 5.32 Å². The van der Waals surface area contributed by atoms with Gasteiger partial charge in [-0.05, 0) is 57.8 Å². The Kier molecular flexibility index (Phi) is 43.9. The maximum absolute atomic E-state index is 13.1. The van der Waals surface area contributed by atoms with Crippen molar-refractivity contribution in [2.45, 2.75) is 212 Å². The number of aliphatic hydroxyl groups excluding tert-OH is 2. The first-order chi connectivity index (χ1) is 29.5. The smallest absolute Gasteiger partial charge is 0.306 e. The number of hydrogen-bond acceptors (Lipinski definition) is 5. The van der Waals surface area contributed by atoms with Crippen LogP contribution in [0, 0.1) is 0 Å². The predicted octanol–water partition coefficient (Wildman–Crippen LogP) is 14.3. The zero-order valence-corrected chi connectivity index (χ0v) is 38.5. The molecule has 3 N–H and O–H groups in total. The van der Waals surface area contributed by atoms with Crippen LogP contribution in [-0.2, 0) is 14.3 Å². The minimum absolute atomic E-state index is 0.0380. The number of amides is 1. The molecule has 0 aromatic rings. The van der Waals surface area contributed by atoms with E-state index in [0.29, 0.717) is 19.3 Å². The minimum Gasteiger partial charge on any atom is -0.461 e. The van der Waals surface area contributed by atoms with Crippen molar-refractivity contribution >= 4 is 11.9 Å². The zero-order valence-electron chi connectivity index (χ0n) is 38.5. The number of carbonyl (C=O) groups excluding carboxylic acids is 2. The quantitative estimate of drug-likeness (QED) is 0.0247. The Labute approximate surface area is 368 Å². The highest BCUT2D eigenvalue weighted by Gasteiger charge is 2.23. The predicted molar refractivity (Wildman–Crippen MR) is 259 cm³/mol. The third-order valence-corrected chi connectivity index (χ3v) is 10.2. The molecule has 3 atom stereocenters. The van der Waals surface area contributed by atoms with E-state index in [2.05, 4.69) is 80.8 Å². The molecule has 0 saturated heterocycles. The molecule has 0 aliphatic heterocycles. The van der Waals surface area contributed by atoms with Gasteiger partial charge in [-0.15, -0.1) is 0 Å². The van der Waals surface area contributed by atoms with Crippen LogP contribution in [0.25, 0.3) is 0 Å². The summed E-state index contributed by atoms with van der Waals surface area (Å²) in [5.74, 6) is -0.656. The van der Waals surface area contributed by atoms with Crippen LogP contribution >= 0.6 is 0 Å². The van der Waals surface area contributed by atoms with Gasteiger partial charge in [0.15, 0.2) is 0 Å². The molecule has 0 spiro atoms. The van der Waals surface area contributed by atoms with Crippen LogP contribution in [0.15, 0.2) is 109 Å². The number of ether oxygens (including phenoxy) is 1. The van der Waals surface area contributed by atoms with Gasteiger partial charge in [0.25, 0.3) is 0 Å². The summed E-state index contributed by atoms with van der Waals surface area (Å²) in [5, 5.41) is 23.6. The van der Waals surface area contributed by atoms with E-state index < -0.39 is 18.2 Å². The first kappa shape index (κ1) is 56.5. The SMILES string of the molecule is CC/C=C/C=C/C=C\C=C/C=C/CC(CC(=O)NC(CO)C(O)CCCCCCCCCCCCCCCC)OC(=O)CCCCC/C=C/C/C=C/C/C=C/C/C=C/CC. The summed E-state index contributed by atoms with van der Waals surface area (Å²) < 4.78 is 5.81. The second kappa shape index (κ2) is 46.6. The standard InChI is InChI=1S/C54H89NO5/c1-4-7-10-13-16-19-22-24-26-27-29-32-35-38-41-44-47-54(59)60-50(45-42-39-36-33-30-21-18-15-12-9-6-3)48-53(58)55-51(49-56)52(57)46-43-40-37-34-31-28-25-23-20-17-14-11-8-5-2/h7,9-10,12,15-16,18-19,21,24,26,29-30,32-33,36,39,42,50-52,56-57H,4-6,8,11,13-14,17,20,22-23,25,27-28,31,34-35,37-38,40-41,43-49H2,1-3H3,(H,55,58)/b10-7+,12-9+,18-15+,19-16+,26-24+,30-21-,32-29+,36-33-,42-39+. The Hall–Kier alpha value is -3.48. The van der Waals surface area contributed by atoms with Crippen LogP contribution in [0.2, 0.25) is 0 Å². The number of allylic oxidation sites excluding steroid dienone is 17. The lowest BCUT2D eigenvalue weighted by Gasteiger charge is -2.24. The zero-order chi connectivity index (χ0) is 43.8. The molecule has 6 heteroatoms. The van der Waals surface area contributed by atoms with Crippen LogP contribution in [-0.4, -0.2) is 46.9 Å². The van der Waals surface area contributed by atoms with Gasteiger partial charge in [-0.25, -0.2) is 0 Å². The van der Waals surface area contributed by atoms with E-state index in [1.807, 2.05) is 54.7 Å². The third-order valence-electron chi connectivity index (χ3n) is 10.2. The molecule has 0 bridgehead atoms. The Morgan fingerprint density at radius 1 is 0.533 bits per heavy atom. The number of carbonyl (C=O) groups is 2. The molecule has 60 heavy (non-hydrogen) atoms. The average Bonchev–Trinajstić information content (AvgIpc) is 3.24. The molecular weight excluding hydrogens is 743 g/mol. The molecule has 0 aliphatic carbocycles. The monoisotopic (exact) mass is 832 g/mol. The number of nitrogens with one attached hydrogen (secondary N) is 1. The fourth-order valence-electron chi connectivity index (χ4n) is 6.62. The van der Waals surface area contributed by atoms with E-state index >= 15 is 0 Å². The number of rotatable bonds is 41. The summed E-state index contributed by atoms with van der Waals surface area (Å²) >= 11 is 0. The number of unbranched alkanes of at least 4 members (excludes halogenated alkanes) is 16. The Morgan fingerprint density at radius 3 is 1.53 bits per heavy atom. The van der Waals surface area contributed by atoms with Gasteiger partial charge in [0.1, 0.15) is 6.10 Å². The molecule has 6 nitrogen and oxygen atoms in total. The van der Waals surface area contributed by atoms with E-state index in [4.69, 9.17) is 4.74 Å². The lowest BCUT2D eigenvalue weighted by molar-refractivity contribution is -0.150. The van der Waals surface area contributed by atoms with Gasteiger partial charge in [0, 0.05) is 12.8 Å². The van der Waals surface area contributed by atoms with Gasteiger partial charge < -0.3 is 20.3 Å². The molecular formula is C54H89NO5. The first-order valence-corrected chi connectivity index (χ1v) is 24.2. The molecule has 0 saturated carbocycles. The van der Waals surface area contributed by atoms with Gasteiger partial charge in [0.05, 0.1) is 25.2 Å². The van der Waals surface area contributed by atoms with E-state index in [0.717, 1.165) is 77.0 Å². The first-order valence-electron chi connectivity index (χ1n) is 24.2. The van der Waals surface area contributed by atoms with Gasteiger partial charge in [-0.1, -0.05) is 226 Å². The van der Waals surface area contributed by atoms with Crippen molar-refractivity contribution in [2.75, 3.05) is 6.61 Å². The van der Waals surface area contributed by atoms with E-state index in [9.17, 15) is 19.8 Å². The van der Waals surface area contributed by atoms with Crippen molar-refractivity contribution in [3.8, 4) is 0 Å². The summed E-state index contributed by atoms with van der Waals surface area (Å²) in [7, 11) is 0. The molecule has 0 radical (unpaired) electrons. The van der Waals surface area contributed by atoms with Crippen LogP contribution in [0.4, 0.5) is 0 Å². The molecule has 0 aliphatic rings. The van der Waals surface area contributed by atoms with Crippen molar-refractivity contribution in [3.05, 3.63) is 109 Å². The minimum atomic E-state index is -0.829. The fraction of sp³-hybridized carbons (Fsp3) is 0.630. The van der Waals surface area contributed by atoms with E-state index in [1.165, 1.54) is 70.6 Å². The Balaban J connectivity index is 4.74. The highest BCUT2D eigenvalue weighted by atomic mass is 16.5. The summed E-state index contributed by atoms with van der Waals surface area (Å²) in [6, 6.07) is -0.752. The van der Waals surface area contributed by atoms with Crippen molar-refractivity contribution < 1.29 is 24.5 Å². The number of aliphatic hydroxyl groups is 2. The summed E-state index contributed by atoms with van der Waals surface area (Å²) in [5.41, 5.74) is 0. The fourth-order valence-corrected chi connectivity index (χ4v) is 6.62. The van der Waals surface area contributed by atoms with Crippen LogP contribution in [0.5, 0.6) is 0 Å². The maximum Gasteiger partial charge on any atom is 0.306 e. The molecule has 0 heterocycles. The van der Waals surface area contributed by atoms with Crippen molar-refractivity contribution in [1.29, 1.82) is 0 Å². The van der Waals surface area contributed by atoms with E-state index in [1.54, 1.807) is 0 Å². The molecule has 0 rings (SSSR count). The van der Waals surface area contributed by atoms with Gasteiger partial charge in [-0.2, -0.15) is 0 Å². The largest absolute Gasteiger partial charge is 0.461 e. The third kappa shape index (κ3) is 41.3. The molecule has 3 unspecified atom stereocenters. The van der Waals surface area contributed by atoms with Crippen LogP contribution in [0.3, 0.4) is 0 Å². The van der Waals surface area contributed by atoms with Gasteiger partial charge in [0.2, 0.25) is 5.91 Å². The number of esters is 1. The second-order valence-electron chi connectivity index (χ2n) is 15.9. The molecule has 0 aromatic carbocycles. The molecule has 340 valence electrons. The van der Waals surface area contributed by atoms with E-state index in [-0.39, 0.29) is 24.9 Å². The lowest BCUT2D eigenvalue weighted by atomic mass is 10.0. The molecule has 0 fully saturated rings.